The van der Waals surface area contributed by atoms with Crippen molar-refractivity contribution in [2.45, 2.75) is 26.2 Å². The Morgan fingerprint density at radius 3 is 2.86 bits per heavy atom. The number of aromatic amines is 1. The Kier molecular flexibility index (Phi) is 4.55. The van der Waals surface area contributed by atoms with Gasteiger partial charge in [-0.3, -0.25) is 9.69 Å². The Balaban J connectivity index is 1.67. The predicted octanol–water partition coefficient (Wildman–Crippen LogP) is 2.59. The topological polar surface area (TPSA) is 58.2 Å². The lowest BCUT2D eigenvalue weighted by Gasteiger charge is -2.26. The van der Waals surface area contributed by atoms with Gasteiger partial charge in [0.2, 0.25) is 0 Å². The van der Waals surface area contributed by atoms with Gasteiger partial charge in [-0.15, -0.1) is 0 Å². The fraction of sp³-hybridized carbons (Fsp3) is 0.529. The van der Waals surface area contributed by atoms with Crippen LogP contribution in [0.5, 0.6) is 0 Å². The first-order valence-electron chi connectivity index (χ1n) is 7.96. The number of carbonyl (C=O) groups excluding carboxylic acids is 1. The lowest BCUT2D eigenvalue weighted by molar-refractivity contribution is 0.0370. The maximum Gasteiger partial charge on any atom is 0.164 e. The first-order valence-corrected chi connectivity index (χ1v) is 7.96. The zero-order valence-corrected chi connectivity index (χ0v) is 13.3. The summed E-state index contributed by atoms with van der Waals surface area (Å²) in [6.07, 6.45) is 0.552. The van der Waals surface area contributed by atoms with Crippen LogP contribution in [0, 0.1) is 0 Å². The van der Waals surface area contributed by atoms with E-state index >= 15 is 0 Å². The van der Waals surface area contributed by atoms with E-state index in [4.69, 9.17) is 4.74 Å². The van der Waals surface area contributed by atoms with Crippen LogP contribution in [-0.4, -0.2) is 53.5 Å². The van der Waals surface area contributed by atoms with E-state index in [0.717, 1.165) is 55.3 Å². The molecule has 0 bridgehead atoms. The third-order valence-corrected chi connectivity index (χ3v) is 4.13. The number of Topliss-reactive ketones (excluding diaryl/α,β-unsaturated/α-hetero) is 1. The molecular weight excluding hydrogens is 278 g/mol. The van der Waals surface area contributed by atoms with Crippen molar-refractivity contribution in [2.24, 2.45) is 0 Å². The fourth-order valence-electron chi connectivity index (χ4n) is 2.71. The Hall–Kier alpha value is -1.72. The van der Waals surface area contributed by atoms with Gasteiger partial charge in [0.15, 0.2) is 5.78 Å². The van der Waals surface area contributed by atoms with Crippen molar-refractivity contribution in [2.75, 3.05) is 32.8 Å². The van der Waals surface area contributed by atoms with E-state index in [1.54, 1.807) is 0 Å². The molecular formula is C17H23N3O2. The lowest BCUT2D eigenvalue weighted by atomic mass is 10.1. The van der Waals surface area contributed by atoms with E-state index in [2.05, 4.69) is 28.7 Å². The van der Waals surface area contributed by atoms with Gasteiger partial charge < -0.3 is 9.72 Å². The van der Waals surface area contributed by atoms with Crippen LogP contribution in [-0.2, 0) is 4.74 Å². The number of aromatic nitrogens is 2. The summed E-state index contributed by atoms with van der Waals surface area (Å²) in [5, 5.41) is 0. The van der Waals surface area contributed by atoms with Crippen molar-refractivity contribution < 1.29 is 9.53 Å². The number of H-pyrrole nitrogens is 1. The molecule has 0 atom stereocenters. The molecule has 0 unspecified atom stereocenters. The summed E-state index contributed by atoms with van der Waals surface area (Å²) >= 11 is 0. The average Bonchev–Trinajstić information content (AvgIpc) is 2.97. The minimum absolute atomic E-state index is 0.189. The quantitative estimate of drug-likeness (QED) is 0.862. The number of imidazole rings is 1. The van der Waals surface area contributed by atoms with Gasteiger partial charge in [0, 0.05) is 37.5 Å². The molecule has 5 nitrogen and oxygen atoms in total. The Bertz CT molecular complexity index is 657. The molecule has 1 N–H and O–H groups in total. The monoisotopic (exact) mass is 301 g/mol. The molecule has 0 radical (unpaired) electrons. The standard InChI is InChI=1S/C17H23N3O2/c1-12(2)17-18-14-4-3-13(11-15(14)19-17)16(21)5-6-20-7-9-22-10-8-20/h3-4,11-12H,5-10H2,1-2H3,(H,18,19). The van der Waals surface area contributed by atoms with Crippen LogP contribution >= 0.6 is 0 Å². The highest BCUT2D eigenvalue weighted by atomic mass is 16.5. The van der Waals surface area contributed by atoms with Crippen molar-refractivity contribution in [1.82, 2.24) is 14.9 Å². The van der Waals surface area contributed by atoms with Crippen LogP contribution in [0.4, 0.5) is 0 Å². The van der Waals surface area contributed by atoms with E-state index in [1.807, 2.05) is 18.2 Å². The molecule has 0 aliphatic carbocycles. The average molecular weight is 301 g/mol. The van der Waals surface area contributed by atoms with Crippen molar-refractivity contribution in [3.05, 3.63) is 29.6 Å². The highest BCUT2D eigenvalue weighted by Gasteiger charge is 2.14. The van der Waals surface area contributed by atoms with E-state index < -0.39 is 0 Å². The number of ether oxygens (including phenoxy) is 1. The Labute approximate surface area is 130 Å². The highest BCUT2D eigenvalue weighted by molar-refractivity contribution is 5.99. The molecule has 2 heterocycles. The second-order valence-corrected chi connectivity index (χ2v) is 6.14. The Morgan fingerprint density at radius 2 is 2.14 bits per heavy atom. The van der Waals surface area contributed by atoms with Crippen molar-refractivity contribution >= 4 is 16.8 Å². The summed E-state index contributed by atoms with van der Waals surface area (Å²) in [5.74, 6) is 1.51. The van der Waals surface area contributed by atoms with Crippen LogP contribution in [0.15, 0.2) is 18.2 Å². The number of fused-ring (bicyclic) bond motifs is 1. The van der Waals surface area contributed by atoms with Gasteiger partial charge in [0.05, 0.1) is 24.2 Å². The minimum Gasteiger partial charge on any atom is -0.379 e. The van der Waals surface area contributed by atoms with E-state index in [9.17, 15) is 4.79 Å². The second kappa shape index (κ2) is 6.58. The SMILES string of the molecule is CC(C)c1nc2ccc(C(=O)CCN3CCOCC3)cc2[nH]1. The first-order chi connectivity index (χ1) is 10.6. The number of ketones is 1. The van der Waals surface area contributed by atoms with Gasteiger partial charge in [-0.1, -0.05) is 13.8 Å². The largest absolute Gasteiger partial charge is 0.379 e. The number of nitrogens with one attached hydrogen (secondary N) is 1. The smallest absolute Gasteiger partial charge is 0.164 e. The molecule has 2 aromatic rings. The van der Waals surface area contributed by atoms with Crippen LogP contribution in [0.1, 0.15) is 42.4 Å². The van der Waals surface area contributed by atoms with E-state index in [0.29, 0.717) is 12.3 Å². The molecule has 22 heavy (non-hydrogen) atoms. The minimum atomic E-state index is 0.189. The number of nitrogens with zero attached hydrogens (tertiary/aromatic N) is 2. The third kappa shape index (κ3) is 3.36. The lowest BCUT2D eigenvalue weighted by Crippen LogP contribution is -2.37. The van der Waals surface area contributed by atoms with Crippen molar-refractivity contribution in [3.63, 3.8) is 0 Å². The number of hydrogen-bond donors (Lipinski definition) is 1. The normalized spacial score (nSPS) is 16.5. The maximum atomic E-state index is 12.4. The van der Waals surface area contributed by atoms with Crippen molar-refractivity contribution in [3.8, 4) is 0 Å². The summed E-state index contributed by atoms with van der Waals surface area (Å²) in [5.41, 5.74) is 2.63. The molecule has 0 spiro atoms. The molecule has 1 aliphatic rings. The van der Waals surface area contributed by atoms with Gasteiger partial charge in [-0.05, 0) is 18.2 Å². The molecule has 1 aromatic carbocycles. The summed E-state index contributed by atoms with van der Waals surface area (Å²) < 4.78 is 5.32. The molecule has 118 valence electrons. The molecule has 1 fully saturated rings. The summed E-state index contributed by atoms with van der Waals surface area (Å²) in [7, 11) is 0. The van der Waals surface area contributed by atoms with E-state index in [1.165, 1.54) is 0 Å². The van der Waals surface area contributed by atoms with Crippen LogP contribution in [0.25, 0.3) is 11.0 Å². The molecule has 3 rings (SSSR count). The van der Waals surface area contributed by atoms with Crippen LogP contribution in [0.3, 0.4) is 0 Å². The number of hydrogen-bond acceptors (Lipinski definition) is 4. The number of morpholine rings is 1. The van der Waals surface area contributed by atoms with Crippen molar-refractivity contribution in [1.29, 1.82) is 0 Å². The summed E-state index contributed by atoms with van der Waals surface area (Å²) in [4.78, 5) is 22.5. The molecule has 1 aliphatic heterocycles. The molecule has 1 saturated heterocycles. The van der Waals surface area contributed by atoms with E-state index in [-0.39, 0.29) is 5.78 Å². The second-order valence-electron chi connectivity index (χ2n) is 6.14. The Morgan fingerprint density at radius 1 is 1.36 bits per heavy atom. The molecule has 0 saturated carbocycles. The molecule has 5 heteroatoms. The van der Waals surface area contributed by atoms with Gasteiger partial charge in [0.25, 0.3) is 0 Å². The maximum absolute atomic E-state index is 12.4. The number of benzene rings is 1. The zero-order valence-electron chi connectivity index (χ0n) is 13.3. The highest BCUT2D eigenvalue weighted by Crippen LogP contribution is 2.19. The van der Waals surface area contributed by atoms with Crippen LogP contribution in [0.2, 0.25) is 0 Å². The number of rotatable bonds is 5. The molecule has 0 amide bonds. The van der Waals surface area contributed by atoms with Gasteiger partial charge in [-0.2, -0.15) is 0 Å². The number of carbonyl (C=O) groups is 1. The van der Waals surface area contributed by atoms with Gasteiger partial charge in [-0.25, -0.2) is 4.98 Å². The van der Waals surface area contributed by atoms with Gasteiger partial charge in [0.1, 0.15) is 5.82 Å². The van der Waals surface area contributed by atoms with Gasteiger partial charge >= 0.3 is 0 Å². The third-order valence-electron chi connectivity index (χ3n) is 4.13. The van der Waals surface area contributed by atoms with Crippen LogP contribution < -0.4 is 0 Å². The molecule has 1 aromatic heterocycles. The first kappa shape index (κ1) is 15.2. The summed E-state index contributed by atoms with van der Waals surface area (Å²) in [6.45, 7) is 8.40. The fourth-order valence-corrected chi connectivity index (χ4v) is 2.71. The predicted molar refractivity (Wildman–Crippen MR) is 86.4 cm³/mol. The summed E-state index contributed by atoms with van der Waals surface area (Å²) in [6, 6.07) is 5.74. The zero-order chi connectivity index (χ0) is 15.5.